The highest BCUT2D eigenvalue weighted by Crippen LogP contribution is 2.51. The number of ketones is 1. The number of imide groups is 1. The zero-order chi connectivity index (χ0) is 41.3. The maximum Gasteiger partial charge on any atom is 0.303 e. The molecule has 2 amide bonds. The van der Waals surface area contributed by atoms with E-state index in [-0.39, 0.29) is 95.2 Å². The van der Waals surface area contributed by atoms with Gasteiger partial charge in [0, 0.05) is 16.2 Å². The highest BCUT2D eigenvalue weighted by atomic mass is 35.5. The standard InChI is InChI=1S/C39H7Cl8N3O6S/c1-2-3-4-5-6-7-8-9-10-11-12-21(48)55-56-57-18-15-17-13-14-19(22-36(51)23-24(37(22)52)28(41)32(45)31(44)27(23)40)49-35(17)20(16-18)50-38(53)25-26(39(50)54)30(43)34(47)33(46)29(25)42/h1,13-16,48,51H. The van der Waals surface area contributed by atoms with Crippen molar-refractivity contribution in [3.8, 4) is 71.5 Å². The molecule has 0 atom stereocenters. The van der Waals surface area contributed by atoms with Crippen LogP contribution in [-0.4, -0.2) is 33.6 Å². The monoisotopic (exact) mass is 925 g/mol. The van der Waals surface area contributed by atoms with Gasteiger partial charge in [0.15, 0.2) is 0 Å². The van der Waals surface area contributed by atoms with Crippen LogP contribution in [0.4, 0.5) is 5.69 Å². The van der Waals surface area contributed by atoms with Crippen LogP contribution in [0.15, 0.2) is 29.2 Å². The molecule has 1 aromatic heterocycles. The second-order valence-corrected chi connectivity index (χ2v) is 14.5. The summed E-state index contributed by atoms with van der Waals surface area (Å²) in [5.41, 5.74) is -1.70. The summed E-state index contributed by atoms with van der Waals surface area (Å²) in [7, 11) is 0. The number of allylic oxidation sites excluding steroid dienone is 1. The lowest BCUT2D eigenvalue weighted by molar-refractivity contribution is -0.0936. The topological polar surface area (TPSA) is 130 Å². The first-order chi connectivity index (χ1) is 27.2. The first-order valence-electron chi connectivity index (χ1n) is 14.8. The summed E-state index contributed by atoms with van der Waals surface area (Å²) >= 11 is 51.0. The summed E-state index contributed by atoms with van der Waals surface area (Å²) in [6.45, 7) is 0. The molecule has 1 aliphatic heterocycles. The van der Waals surface area contributed by atoms with E-state index >= 15 is 0 Å². The number of anilines is 1. The summed E-state index contributed by atoms with van der Waals surface area (Å²) in [5.74, 6) is 21.9. The molecule has 9 nitrogen and oxygen atoms in total. The van der Waals surface area contributed by atoms with Crippen LogP contribution in [0.5, 0.6) is 0 Å². The van der Waals surface area contributed by atoms with Gasteiger partial charge < -0.3 is 5.11 Å². The Hall–Kier alpha value is -5.12. The number of rotatable bonds is 5. The van der Waals surface area contributed by atoms with E-state index in [4.69, 9.17) is 114 Å². The van der Waals surface area contributed by atoms with E-state index < -0.39 is 29.3 Å². The minimum Gasteiger partial charge on any atom is -0.506 e. The molecule has 0 saturated heterocycles. The van der Waals surface area contributed by atoms with Crippen LogP contribution in [0.1, 0.15) is 42.3 Å². The fourth-order valence-corrected chi connectivity index (χ4v) is 7.79. The number of carbonyl (C=O) groups is 3. The minimum atomic E-state index is -0.949. The fourth-order valence-electron chi connectivity index (χ4n) is 5.23. The number of pyridine rings is 1. The lowest BCUT2D eigenvalue weighted by atomic mass is 10.0. The largest absolute Gasteiger partial charge is 0.506 e. The van der Waals surface area contributed by atoms with E-state index in [9.17, 15) is 19.5 Å². The average Bonchev–Trinajstić information content (AvgIpc) is 3.61. The molecule has 18 heteroatoms. The van der Waals surface area contributed by atoms with Crippen molar-refractivity contribution < 1.29 is 28.7 Å². The molecule has 0 radical (unpaired) electrons. The molecular formula is C39H7Cl8N3O6S. The van der Waals surface area contributed by atoms with Crippen molar-refractivity contribution in [1.29, 1.82) is 5.41 Å². The molecule has 0 unspecified atom stereocenters. The van der Waals surface area contributed by atoms with Gasteiger partial charge in [0.1, 0.15) is 5.76 Å². The third kappa shape index (κ3) is 7.67. The van der Waals surface area contributed by atoms with E-state index in [0.717, 1.165) is 4.90 Å². The van der Waals surface area contributed by atoms with Gasteiger partial charge in [-0.25, -0.2) is 9.88 Å². The maximum absolute atomic E-state index is 14.0. The Morgan fingerprint density at radius 1 is 0.702 bits per heavy atom. The van der Waals surface area contributed by atoms with Crippen LogP contribution in [0.2, 0.25) is 40.2 Å². The van der Waals surface area contributed by atoms with Gasteiger partial charge in [-0.15, -0.1) is 10.8 Å². The molecule has 0 saturated carbocycles. The number of amides is 2. The van der Waals surface area contributed by atoms with E-state index in [0.29, 0.717) is 12.0 Å². The van der Waals surface area contributed by atoms with E-state index in [1.165, 1.54) is 24.3 Å². The predicted molar refractivity (Wildman–Crippen MR) is 223 cm³/mol. The van der Waals surface area contributed by atoms with Crippen molar-refractivity contribution in [3.05, 3.63) is 92.4 Å². The van der Waals surface area contributed by atoms with Crippen LogP contribution in [0.25, 0.3) is 22.2 Å². The quantitative estimate of drug-likeness (QED) is 0.0233. The minimum absolute atomic E-state index is 0.0409. The summed E-state index contributed by atoms with van der Waals surface area (Å²) in [4.78, 5) is 52.2. The van der Waals surface area contributed by atoms with Gasteiger partial charge in [-0.05, 0) is 77.4 Å². The third-order valence-electron chi connectivity index (χ3n) is 7.53. The number of fused-ring (bicyclic) bond motifs is 3. The lowest BCUT2D eigenvalue weighted by Crippen LogP contribution is -2.30. The SMILES string of the molecule is C#CC#CC#CC#CC#CC#CC(=N)OOSc1cc(N2C(=O)c3c(Cl)c(Cl)c(Cl)c(Cl)c3C2=O)c2nc(C3=C(O)c4c(Cl)c(Cl)c(Cl)c(Cl)c4C3=O)ccc2c1. The Kier molecular flexibility index (Phi) is 12.5. The molecule has 3 aromatic carbocycles. The van der Waals surface area contributed by atoms with Gasteiger partial charge in [0.2, 0.25) is 5.78 Å². The van der Waals surface area contributed by atoms with Crippen molar-refractivity contribution >= 4 is 156 Å². The fraction of sp³-hybridized carbons (Fsp3) is 0. The van der Waals surface area contributed by atoms with Gasteiger partial charge in [0.05, 0.1) is 96.9 Å². The Morgan fingerprint density at radius 2 is 1.21 bits per heavy atom. The average molecular weight is 929 g/mol. The van der Waals surface area contributed by atoms with E-state index in [1.54, 1.807) is 0 Å². The highest BCUT2D eigenvalue weighted by Gasteiger charge is 2.44. The number of terminal acetylenes is 1. The maximum atomic E-state index is 14.0. The zero-order valence-electron chi connectivity index (χ0n) is 27.2. The first kappa shape index (κ1) is 41.5. The molecule has 1 aliphatic carbocycles. The van der Waals surface area contributed by atoms with Crippen molar-refractivity contribution in [3.63, 3.8) is 0 Å². The molecular weight excluding hydrogens is 922 g/mol. The Bertz CT molecular complexity index is 2980. The van der Waals surface area contributed by atoms with Gasteiger partial charge in [-0.2, -0.15) is 0 Å². The molecule has 0 fully saturated rings. The number of carbonyl (C=O) groups excluding carboxylic acids is 3. The van der Waals surface area contributed by atoms with Gasteiger partial charge in [-0.3, -0.25) is 24.7 Å². The van der Waals surface area contributed by atoms with Crippen LogP contribution in [0.3, 0.4) is 0 Å². The molecule has 0 spiro atoms. The van der Waals surface area contributed by atoms with Crippen molar-refractivity contribution in [2.75, 3.05) is 4.90 Å². The number of nitrogens with zero attached hydrogens (tertiary/aromatic N) is 2. The number of halogens is 8. The molecule has 4 aromatic rings. The molecule has 57 heavy (non-hydrogen) atoms. The first-order valence-corrected chi connectivity index (χ1v) is 18.6. The van der Waals surface area contributed by atoms with Gasteiger partial charge in [0.25, 0.3) is 11.8 Å². The smallest absolute Gasteiger partial charge is 0.303 e. The number of hydrogen-bond acceptors (Lipinski definition) is 9. The van der Waals surface area contributed by atoms with Crippen molar-refractivity contribution in [2.24, 2.45) is 0 Å². The predicted octanol–water partition coefficient (Wildman–Crippen LogP) is 10.5. The Balaban J connectivity index is 1.38. The van der Waals surface area contributed by atoms with Crippen molar-refractivity contribution in [1.82, 2.24) is 4.98 Å². The number of Topliss-reactive ketones (excluding diaryl/α,β-unsaturated/α-hetero) is 1. The van der Waals surface area contributed by atoms with Crippen LogP contribution in [0, 0.1) is 77.0 Å². The van der Waals surface area contributed by atoms with Crippen LogP contribution >= 0.6 is 105 Å². The van der Waals surface area contributed by atoms with Crippen molar-refractivity contribution in [2.45, 2.75) is 4.90 Å². The Labute approximate surface area is 366 Å². The van der Waals surface area contributed by atoms with Gasteiger partial charge >= 0.3 is 5.90 Å². The highest BCUT2D eigenvalue weighted by molar-refractivity contribution is 7.94. The number of nitrogens with one attached hydrogen (secondary N) is 1. The molecule has 2 aliphatic rings. The molecule has 2 heterocycles. The number of aliphatic hydroxyl groups excluding tert-OH is 1. The number of benzene rings is 3. The van der Waals surface area contributed by atoms with Crippen LogP contribution in [-0.2, 0) is 9.22 Å². The lowest BCUT2D eigenvalue weighted by Gasteiger charge is -2.18. The third-order valence-corrected chi connectivity index (χ3v) is 11.7. The second kappa shape index (κ2) is 17.2. The molecule has 2 N–H and O–H groups in total. The summed E-state index contributed by atoms with van der Waals surface area (Å²) < 4.78 is 5.14. The second-order valence-electron chi connectivity index (χ2n) is 10.7. The number of aliphatic hydroxyl groups is 1. The molecule has 276 valence electrons. The summed E-state index contributed by atoms with van der Waals surface area (Å²) in [5, 5.41) is 17.4. The Morgan fingerprint density at radius 3 is 1.77 bits per heavy atom. The van der Waals surface area contributed by atoms with Crippen LogP contribution < -0.4 is 4.90 Å². The summed E-state index contributed by atoms with van der Waals surface area (Å²) in [6, 6.07) is 5.68. The normalized spacial score (nSPS) is 12.1. The molecule has 6 rings (SSSR count). The van der Waals surface area contributed by atoms with E-state index in [1.807, 2.05) is 0 Å². The number of hydrogen-bond donors (Lipinski definition) is 2. The summed E-state index contributed by atoms with van der Waals surface area (Å²) in [6.07, 6.45) is 4.98. The van der Waals surface area contributed by atoms with Gasteiger partial charge in [-0.1, -0.05) is 98.9 Å². The zero-order valence-corrected chi connectivity index (χ0v) is 34.1. The van der Waals surface area contributed by atoms with E-state index in [2.05, 4.69) is 70.1 Å². The number of aromatic nitrogens is 1. The molecule has 0 bridgehead atoms.